The van der Waals surface area contributed by atoms with Crippen LogP contribution in [-0.2, 0) is 11.3 Å². The number of carbonyl (C=O) groups excluding carboxylic acids is 1. The van der Waals surface area contributed by atoms with Crippen molar-refractivity contribution in [3.8, 4) is 0 Å². The maximum Gasteiger partial charge on any atom is 0.407 e. The molecule has 1 amide bonds. The van der Waals surface area contributed by atoms with E-state index in [2.05, 4.69) is 5.32 Å². The van der Waals surface area contributed by atoms with Gasteiger partial charge in [-0.25, -0.2) is 14.4 Å². The number of carbonyl (C=O) groups is 2. The Morgan fingerprint density at radius 3 is 2.52 bits per heavy atom. The van der Waals surface area contributed by atoms with Gasteiger partial charge in [0, 0.05) is 19.3 Å². The number of H-pyrrole nitrogens is 1. The van der Waals surface area contributed by atoms with E-state index in [1.54, 1.807) is 20.8 Å². The summed E-state index contributed by atoms with van der Waals surface area (Å²) < 4.78 is 5.99. The van der Waals surface area contributed by atoms with Crippen molar-refractivity contribution in [2.75, 3.05) is 6.54 Å². The molecule has 0 saturated heterocycles. The molecule has 1 rings (SSSR count). The number of nitrogens with zero attached hydrogens (tertiary/aromatic N) is 1. The Morgan fingerprint density at radius 2 is 2.00 bits per heavy atom. The third-order valence-electron chi connectivity index (χ3n) is 2.26. The Morgan fingerprint density at radius 1 is 1.38 bits per heavy atom. The number of aromatic carboxylic acids is 1. The number of hydrogen-bond acceptors (Lipinski definition) is 5. The van der Waals surface area contributed by atoms with Crippen LogP contribution in [0.15, 0.2) is 15.8 Å². The monoisotopic (exact) mass is 299 g/mol. The average Bonchev–Trinajstić information content (AvgIpc) is 2.28. The summed E-state index contributed by atoms with van der Waals surface area (Å²) in [6.45, 7) is 5.16. The van der Waals surface area contributed by atoms with Crippen molar-refractivity contribution in [1.82, 2.24) is 14.9 Å². The highest BCUT2D eigenvalue weighted by molar-refractivity contribution is 5.86. The predicted octanol–water partition coefficient (Wildman–Crippen LogP) is -0.240. The molecule has 0 spiro atoms. The number of amides is 1. The normalized spacial score (nSPS) is 11.0. The van der Waals surface area contributed by atoms with Crippen LogP contribution in [-0.4, -0.2) is 38.9 Å². The number of carboxylic acid groups (broad SMARTS) is 1. The van der Waals surface area contributed by atoms with E-state index >= 15 is 0 Å². The van der Waals surface area contributed by atoms with Crippen LogP contribution in [0.1, 0.15) is 31.1 Å². The third kappa shape index (κ3) is 5.13. The first-order chi connectivity index (χ1) is 9.60. The highest BCUT2D eigenvalue weighted by Gasteiger charge is 2.16. The predicted molar refractivity (Wildman–Crippen MR) is 72.5 cm³/mol. The molecule has 0 aliphatic heterocycles. The van der Waals surface area contributed by atoms with Gasteiger partial charge >= 0.3 is 17.8 Å². The van der Waals surface area contributed by atoms with Crippen LogP contribution in [0.3, 0.4) is 0 Å². The Balaban J connectivity index is 2.71. The number of aromatic amines is 1. The topological polar surface area (TPSA) is 130 Å². The molecule has 0 saturated carbocycles. The van der Waals surface area contributed by atoms with Crippen LogP contribution in [0.25, 0.3) is 0 Å². The Bertz CT molecular complexity index is 652. The molecule has 21 heavy (non-hydrogen) atoms. The lowest BCUT2D eigenvalue weighted by Gasteiger charge is -2.19. The fraction of sp³-hybridized carbons (Fsp3) is 0.500. The molecule has 1 aromatic rings. The summed E-state index contributed by atoms with van der Waals surface area (Å²) in [5, 5.41) is 11.2. The van der Waals surface area contributed by atoms with Crippen molar-refractivity contribution in [3.05, 3.63) is 32.6 Å². The SMILES string of the molecule is CC(C)(C)OC(=O)NCCn1cc(C(=O)O)c(=O)[nH]c1=O. The molecule has 0 aliphatic carbocycles. The maximum absolute atomic E-state index is 11.5. The van der Waals surface area contributed by atoms with Gasteiger partial charge in [-0.3, -0.25) is 14.3 Å². The number of rotatable bonds is 4. The summed E-state index contributed by atoms with van der Waals surface area (Å²) >= 11 is 0. The second-order valence-corrected chi connectivity index (χ2v) is 5.23. The highest BCUT2D eigenvalue weighted by Crippen LogP contribution is 2.06. The van der Waals surface area contributed by atoms with Gasteiger partial charge in [0.2, 0.25) is 0 Å². The molecule has 3 N–H and O–H groups in total. The lowest BCUT2D eigenvalue weighted by atomic mass is 10.2. The minimum atomic E-state index is -1.44. The van der Waals surface area contributed by atoms with Crippen LogP contribution in [0.4, 0.5) is 4.79 Å². The van der Waals surface area contributed by atoms with Crippen molar-refractivity contribution in [3.63, 3.8) is 0 Å². The molecule has 0 atom stereocenters. The summed E-state index contributed by atoms with van der Waals surface area (Å²) in [6.07, 6.45) is 0.277. The van der Waals surface area contributed by atoms with Gasteiger partial charge in [0.15, 0.2) is 0 Å². The molecule has 0 aromatic carbocycles. The smallest absolute Gasteiger partial charge is 0.407 e. The van der Waals surface area contributed by atoms with Crippen molar-refractivity contribution < 1.29 is 19.4 Å². The van der Waals surface area contributed by atoms with E-state index in [1.807, 2.05) is 4.98 Å². The molecule has 0 fully saturated rings. The van der Waals surface area contributed by atoms with Crippen molar-refractivity contribution >= 4 is 12.1 Å². The van der Waals surface area contributed by atoms with Gasteiger partial charge in [0.1, 0.15) is 11.2 Å². The van der Waals surface area contributed by atoms with E-state index in [4.69, 9.17) is 9.84 Å². The van der Waals surface area contributed by atoms with Gasteiger partial charge < -0.3 is 15.2 Å². The van der Waals surface area contributed by atoms with Crippen LogP contribution >= 0.6 is 0 Å². The van der Waals surface area contributed by atoms with Gasteiger partial charge in [0.05, 0.1) is 0 Å². The second-order valence-electron chi connectivity index (χ2n) is 5.23. The number of ether oxygens (including phenoxy) is 1. The van der Waals surface area contributed by atoms with Crippen LogP contribution < -0.4 is 16.6 Å². The van der Waals surface area contributed by atoms with E-state index in [0.717, 1.165) is 10.8 Å². The number of carboxylic acids is 1. The Kier molecular flexibility index (Phi) is 4.90. The molecule has 0 radical (unpaired) electrons. The van der Waals surface area contributed by atoms with Crippen LogP contribution in [0, 0.1) is 0 Å². The number of nitrogens with one attached hydrogen (secondary N) is 2. The Labute approximate surface area is 119 Å². The first-order valence-electron chi connectivity index (χ1n) is 6.14. The largest absolute Gasteiger partial charge is 0.477 e. The van der Waals surface area contributed by atoms with Gasteiger partial charge in [-0.05, 0) is 20.8 Å². The summed E-state index contributed by atoms with van der Waals surface area (Å²) in [5.41, 5.74) is -2.92. The van der Waals surface area contributed by atoms with E-state index in [1.165, 1.54) is 0 Å². The van der Waals surface area contributed by atoms with Gasteiger partial charge in [-0.1, -0.05) is 0 Å². The minimum Gasteiger partial charge on any atom is -0.477 e. The lowest BCUT2D eigenvalue weighted by molar-refractivity contribution is 0.0524. The minimum absolute atomic E-state index is 0.00483. The maximum atomic E-state index is 11.5. The molecular weight excluding hydrogens is 282 g/mol. The zero-order chi connectivity index (χ0) is 16.2. The lowest BCUT2D eigenvalue weighted by Crippen LogP contribution is -2.38. The zero-order valence-electron chi connectivity index (χ0n) is 11.9. The van der Waals surface area contributed by atoms with Crippen molar-refractivity contribution in [2.45, 2.75) is 32.9 Å². The zero-order valence-corrected chi connectivity index (χ0v) is 11.9. The van der Waals surface area contributed by atoms with Crippen molar-refractivity contribution in [2.24, 2.45) is 0 Å². The number of aromatic nitrogens is 2. The fourth-order valence-electron chi connectivity index (χ4n) is 1.42. The van der Waals surface area contributed by atoms with E-state index in [0.29, 0.717) is 0 Å². The van der Waals surface area contributed by atoms with Crippen LogP contribution in [0.2, 0.25) is 0 Å². The van der Waals surface area contributed by atoms with Gasteiger partial charge in [-0.15, -0.1) is 0 Å². The molecule has 9 heteroatoms. The first kappa shape index (κ1) is 16.5. The van der Waals surface area contributed by atoms with Crippen LogP contribution in [0.5, 0.6) is 0 Å². The molecule has 0 bridgehead atoms. The summed E-state index contributed by atoms with van der Waals surface area (Å²) in [7, 11) is 0. The highest BCUT2D eigenvalue weighted by atomic mass is 16.6. The first-order valence-corrected chi connectivity index (χ1v) is 6.14. The number of alkyl carbamates (subject to hydrolysis) is 1. The summed E-state index contributed by atoms with van der Waals surface area (Å²) in [4.78, 5) is 46.8. The molecule has 0 unspecified atom stereocenters. The quantitative estimate of drug-likeness (QED) is 0.703. The number of hydrogen-bond donors (Lipinski definition) is 3. The van der Waals surface area contributed by atoms with Crippen molar-refractivity contribution in [1.29, 1.82) is 0 Å². The fourth-order valence-corrected chi connectivity index (χ4v) is 1.42. The summed E-state index contributed by atoms with van der Waals surface area (Å²) in [6, 6.07) is 0. The Hall–Kier alpha value is -2.58. The molecule has 0 aliphatic rings. The second kappa shape index (κ2) is 6.25. The molecule has 1 aromatic heterocycles. The standard InChI is InChI=1S/C12H17N3O6/c1-12(2,3)21-11(20)13-4-5-15-6-7(9(17)18)8(16)14-10(15)19/h6H,4-5H2,1-3H3,(H,13,20)(H,17,18)(H,14,16,19). The van der Waals surface area contributed by atoms with Gasteiger partial charge in [-0.2, -0.15) is 0 Å². The summed E-state index contributed by atoms with van der Waals surface area (Å²) in [5.74, 6) is -1.44. The van der Waals surface area contributed by atoms with E-state index in [-0.39, 0.29) is 13.1 Å². The molecular formula is C12H17N3O6. The third-order valence-corrected chi connectivity index (χ3v) is 2.26. The van der Waals surface area contributed by atoms with Gasteiger partial charge in [0.25, 0.3) is 5.56 Å². The molecule has 9 nitrogen and oxygen atoms in total. The molecule has 116 valence electrons. The van der Waals surface area contributed by atoms with E-state index < -0.39 is 34.5 Å². The average molecular weight is 299 g/mol. The molecule has 1 heterocycles. The van der Waals surface area contributed by atoms with E-state index in [9.17, 15) is 19.2 Å².